The van der Waals surface area contributed by atoms with E-state index in [9.17, 15) is 0 Å². The molecule has 2 heterocycles. The molecule has 3 heteroatoms. The quantitative estimate of drug-likeness (QED) is 0.768. The molecule has 1 N–H and O–H groups in total. The van der Waals surface area contributed by atoms with E-state index in [1.807, 2.05) is 18.3 Å². The van der Waals surface area contributed by atoms with Gasteiger partial charge in [-0.05, 0) is 29.8 Å². The molecule has 3 rings (SSSR count). The van der Waals surface area contributed by atoms with Crippen LogP contribution in [0.25, 0.3) is 11.0 Å². The Labute approximate surface area is 119 Å². The topological polar surface area (TPSA) is 29.9 Å². The van der Waals surface area contributed by atoms with Crippen molar-refractivity contribution >= 4 is 11.0 Å². The van der Waals surface area contributed by atoms with Gasteiger partial charge in [0.1, 0.15) is 5.65 Å². The number of nitrogens with zero attached hydrogens (tertiary/aromatic N) is 2. The highest BCUT2D eigenvalue weighted by atomic mass is 15.0. The second-order valence-electron chi connectivity index (χ2n) is 4.92. The van der Waals surface area contributed by atoms with Crippen molar-refractivity contribution in [2.24, 2.45) is 0 Å². The Balaban J connectivity index is 1.98. The van der Waals surface area contributed by atoms with Crippen molar-refractivity contribution in [1.29, 1.82) is 0 Å². The first-order valence-corrected chi connectivity index (χ1v) is 7.06. The Hall–Kier alpha value is -2.13. The predicted octanol–water partition coefficient (Wildman–Crippen LogP) is 3.19. The lowest BCUT2D eigenvalue weighted by Gasteiger charge is -2.04. The van der Waals surface area contributed by atoms with Crippen LogP contribution in [0.5, 0.6) is 0 Å². The molecule has 20 heavy (non-hydrogen) atoms. The van der Waals surface area contributed by atoms with Gasteiger partial charge in [-0.25, -0.2) is 4.98 Å². The molecular formula is C17H19N3. The van der Waals surface area contributed by atoms with Crippen LogP contribution in [0.2, 0.25) is 0 Å². The summed E-state index contributed by atoms with van der Waals surface area (Å²) in [4.78, 5) is 4.54. The van der Waals surface area contributed by atoms with Gasteiger partial charge >= 0.3 is 0 Å². The molecule has 0 aliphatic rings. The fourth-order valence-corrected chi connectivity index (χ4v) is 2.50. The number of hydrogen-bond donors (Lipinski definition) is 1. The fraction of sp³-hybridized carbons (Fsp3) is 0.235. The highest BCUT2D eigenvalue weighted by Gasteiger charge is 2.08. The average Bonchev–Trinajstić information content (AvgIpc) is 2.85. The van der Waals surface area contributed by atoms with E-state index in [0.29, 0.717) is 0 Å². The molecule has 0 bridgehead atoms. The van der Waals surface area contributed by atoms with E-state index < -0.39 is 0 Å². The van der Waals surface area contributed by atoms with Gasteiger partial charge in [-0.2, -0.15) is 0 Å². The molecule has 0 saturated carbocycles. The summed E-state index contributed by atoms with van der Waals surface area (Å²) in [6.07, 6.45) is 4.08. The van der Waals surface area contributed by atoms with Gasteiger partial charge in [0.25, 0.3) is 0 Å². The second-order valence-corrected chi connectivity index (χ2v) is 4.92. The molecule has 0 fully saturated rings. The summed E-state index contributed by atoms with van der Waals surface area (Å²) in [5.74, 6) is 0. The molecule has 0 amide bonds. The Kier molecular flexibility index (Phi) is 3.79. The number of fused-ring (bicyclic) bond motifs is 1. The molecule has 0 aliphatic heterocycles. The third-order valence-corrected chi connectivity index (χ3v) is 3.48. The SMILES string of the molecule is CCNCc1cn(Cc2ccccc2)c2ncccc12. The molecule has 3 nitrogen and oxygen atoms in total. The molecule has 0 aliphatic carbocycles. The zero-order valence-corrected chi connectivity index (χ0v) is 11.7. The number of aromatic nitrogens is 2. The van der Waals surface area contributed by atoms with Crippen molar-refractivity contribution in [3.63, 3.8) is 0 Å². The summed E-state index contributed by atoms with van der Waals surface area (Å²) in [5.41, 5.74) is 3.67. The first-order chi connectivity index (χ1) is 9.88. The Morgan fingerprint density at radius 3 is 2.75 bits per heavy atom. The van der Waals surface area contributed by atoms with E-state index in [2.05, 4.69) is 58.3 Å². The molecule has 0 atom stereocenters. The molecule has 0 spiro atoms. The van der Waals surface area contributed by atoms with Gasteiger partial charge in [-0.1, -0.05) is 37.3 Å². The smallest absolute Gasteiger partial charge is 0.140 e. The van der Waals surface area contributed by atoms with Gasteiger partial charge in [0.2, 0.25) is 0 Å². The number of hydrogen-bond acceptors (Lipinski definition) is 2. The minimum absolute atomic E-state index is 0.862. The maximum absolute atomic E-state index is 4.54. The molecule has 1 aromatic carbocycles. The number of benzene rings is 1. The Bertz CT molecular complexity index is 686. The molecule has 102 valence electrons. The molecular weight excluding hydrogens is 246 g/mol. The summed E-state index contributed by atoms with van der Waals surface area (Å²) in [6.45, 7) is 4.86. The van der Waals surface area contributed by atoms with Gasteiger partial charge < -0.3 is 9.88 Å². The van der Waals surface area contributed by atoms with Crippen LogP contribution in [0.4, 0.5) is 0 Å². The lowest BCUT2D eigenvalue weighted by atomic mass is 10.2. The van der Waals surface area contributed by atoms with Crippen LogP contribution < -0.4 is 5.32 Å². The monoisotopic (exact) mass is 265 g/mol. The van der Waals surface area contributed by atoms with Crippen LogP contribution in [0.15, 0.2) is 54.9 Å². The van der Waals surface area contributed by atoms with Crippen LogP contribution in [-0.4, -0.2) is 16.1 Å². The van der Waals surface area contributed by atoms with Crippen molar-refractivity contribution in [1.82, 2.24) is 14.9 Å². The summed E-state index contributed by atoms with van der Waals surface area (Å²) in [5, 5.41) is 4.63. The Morgan fingerprint density at radius 2 is 1.95 bits per heavy atom. The summed E-state index contributed by atoms with van der Waals surface area (Å²) in [7, 11) is 0. The summed E-state index contributed by atoms with van der Waals surface area (Å²) < 4.78 is 2.23. The fourth-order valence-electron chi connectivity index (χ4n) is 2.50. The minimum Gasteiger partial charge on any atom is -0.328 e. The van der Waals surface area contributed by atoms with E-state index in [4.69, 9.17) is 0 Å². The average molecular weight is 265 g/mol. The van der Waals surface area contributed by atoms with Crippen molar-refractivity contribution < 1.29 is 0 Å². The van der Waals surface area contributed by atoms with E-state index in [1.165, 1.54) is 16.5 Å². The summed E-state index contributed by atoms with van der Waals surface area (Å²) >= 11 is 0. The largest absolute Gasteiger partial charge is 0.328 e. The third-order valence-electron chi connectivity index (χ3n) is 3.48. The van der Waals surface area contributed by atoms with E-state index in [0.717, 1.165) is 25.3 Å². The molecule has 0 radical (unpaired) electrons. The predicted molar refractivity (Wildman–Crippen MR) is 82.7 cm³/mol. The minimum atomic E-state index is 0.862. The second kappa shape index (κ2) is 5.88. The van der Waals surface area contributed by atoms with Gasteiger partial charge in [0, 0.05) is 30.9 Å². The van der Waals surface area contributed by atoms with Gasteiger partial charge in [0.05, 0.1) is 0 Å². The van der Waals surface area contributed by atoms with E-state index in [1.54, 1.807) is 0 Å². The number of rotatable bonds is 5. The summed E-state index contributed by atoms with van der Waals surface area (Å²) in [6, 6.07) is 14.7. The lowest BCUT2D eigenvalue weighted by Crippen LogP contribution is -2.11. The van der Waals surface area contributed by atoms with Crippen molar-refractivity contribution in [2.75, 3.05) is 6.54 Å². The molecule has 0 unspecified atom stereocenters. The van der Waals surface area contributed by atoms with Crippen molar-refractivity contribution in [2.45, 2.75) is 20.0 Å². The number of pyridine rings is 1. The van der Waals surface area contributed by atoms with Gasteiger partial charge in [-0.15, -0.1) is 0 Å². The molecule has 0 saturated heterocycles. The standard InChI is InChI=1S/C17H19N3/c1-2-18-11-15-13-20(12-14-7-4-3-5-8-14)17-16(15)9-6-10-19-17/h3-10,13,18H,2,11-12H2,1H3. The van der Waals surface area contributed by atoms with Crippen LogP contribution in [0.3, 0.4) is 0 Å². The highest BCUT2D eigenvalue weighted by Crippen LogP contribution is 2.20. The normalized spacial score (nSPS) is 11.1. The van der Waals surface area contributed by atoms with Gasteiger partial charge in [-0.3, -0.25) is 0 Å². The molecule has 3 aromatic rings. The van der Waals surface area contributed by atoms with Crippen LogP contribution in [0, 0.1) is 0 Å². The van der Waals surface area contributed by atoms with E-state index in [-0.39, 0.29) is 0 Å². The van der Waals surface area contributed by atoms with Crippen molar-refractivity contribution in [3.05, 3.63) is 66.0 Å². The first-order valence-electron chi connectivity index (χ1n) is 7.06. The first kappa shape index (κ1) is 12.9. The van der Waals surface area contributed by atoms with Crippen LogP contribution in [-0.2, 0) is 13.1 Å². The zero-order chi connectivity index (χ0) is 13.8. The van der Waals surface area contributed by atoms with Crippen molar-refractivity contribution in [3.8, 4) is 0 Å². The lowest BCUT2D eigenvalue weighted by molar-refractivity contribution is 0.724. The third kappa shape index (κ3) is 2.58. The molecule has 2 aromatic heterocycles. The highest BCUT2D eigenvalue weighted by molar-refractivity contribution is 5.80. The van der Waals surface area contributed by atoms with E-state index >= 15 is 0 Å². The maximum atomic E-state index is 4.54. The Morgan fingerprint density at radius 1 is 1.10 bits per heavy atom. The van der Waals surface area contributed by atoms with Crippen LogP contribution in [0.1, 0.15) is 18.1 Å². The maximum Gasteiger partial charge on any atom is 0.140 e. The van der Waals surface area contributed by atoms with Crippen LogP contribution >= 0.6 is 0 Å². The number of nitrogens with one attached hydrogen (secondary N) is 1. The zero-order valence-electron chi connectivity index (χ0n) is 11.7. The van der Waals surface area contributed by atoms with Gasteiger partial charge in [0.15, 0.2) is 0 Å².